The Morgan fingerprint density at radius 3 is 2.27 bits per heavy atom. The number of halogens is 1. The van der Waals surface area contributed by atoms with Crippen LogP contribution in [0.3, 0.4) is 0 Å². The highest BCUT2D eigenvalue weighted by Gasteiger charge is 2.09. The van der Waals surface area contributed by atoms with Gasteiger partial charge in [-0.2, -0.15) is 0 Å². The van der Waals surface area contributed by atoms with Gasteiger partial charge in [0.25, 0.3) is 0 Å². The van der Waals surface area contributed by atoms with E-state index in [-0.39, 0.29) is 0 Å². The molecule has 0 aliphatic heterocycles. The summed E-state index contributed by atoms with van der Waals surface area (Å²) in [6, 6.07) is 11.8. The van der Waals surface area contributed by atoms with Crippen LogP contribution in [0.4, 0.5) is 0 Å². The van der Waals surface area contributed by atoms with E-state index in [9.17, 15) is 0 Å². The van der Waals surface area contributed by atoms with Gasteiger partial charge < -0.3 is 19.5 Å². The van der Waals surface area contributed by atoms with Gasteiger partial charge in [0, 0.05) is 28.7 Å². The van der Waals surface area contributed by atoms with Crippen LogP contribution in [0.1, 0.15) is 11.1 Å². The average molecular weight is 366 g/mol. The molecule has 1 N–H and O–H groups in total. The fraction of sp³-hybridized carbons (Fsp3) is 0.294. The molecule has 2 aromatic carbocycles. The molecule has 0 aliphatic carbocycles. The van der Waals surface area contributed by atoms with Gasteiger partial charge in [-0.05, 0) is 24.3 Å². The molecule has 2 aromatic rings. The van der Waals surface area contributed by atoms with Crippen LogP contribution in [0.5, 0.6) is 17.2 Å². The molecule has 0 fully saturated rings. The lowest BCUT2D eigenvalue weighted by molar-refractivity contribution is 0.350. The Bertz CT molecular complexity index is 631. The Morgan fingerprint density at radius 2 is 1.59 bits per heavy atom. The van der Waals surface area contributed by atoms with Gasteiger partial charge in [0.05, 0.1) is 21.3 Å². The molecule has 0 bridgehead atoms. The minimum absolute atomic E-state index is 0.677. The van der Waals surface area contributed by atoms with Crippen molar-refractivity contribution in [2.75, 3.05) is 21.3 Å². The van der Waals surface area contributed by atoms with E-state index >= 15 is 0 Å². The highest BCUT2D eigenvalue weighted by Crippen LogP contribution is 2.30. The summed E-state index contributed by atoms with van der Waals surface area (Å²) in [6.07, 6.45) is 0. The molecule has 118 valence electrons. The highest BCUT2D eigenvalue weighted by atomic mass is 79.9. The Labute approximate surface area is 139 Å². The molecule has 5 heteroatoms. The summed E-state index contributed by atoms with van der Waals surface area (Å²) in [5.41, 5.74) is 2.15. The van der Waals surface area contributed by atoms with Crippen molar-refractivity contribution < 1.29 is 14.2 Å². The molecule has 0 aromatic heterocycles. The van der Waals surface area contributed by atoms with Crippen LogP contribution in [0.15, 0.2) is 40.9 Å². The van der Waals surface area contributed by atoms with Crippen molar-refractivity contribution in [3.05, 3.63) is 52.0 Å². The first-order valence-corrected chi connectivity index (χ1v) is 7.72. The average Bonchev–Trinajstić information content (AvgIpc) is 2.54. The van der Waals surface area contributed by atoms with Crippen molar-refractivity contribution in [2.24, 2.45) is 0 Å². The molecular weight excluding hydrogens is 346 g/mol. The predicted molar refractivity (Wildman–Crippen MR) is 90.8 cm³/mol. The Balaban J connectivity index is 2.07. The lowest BCUT2D eigenvalue weighted by atomic mass is 10.1. The molecule has 0 radical (unpaired) electrons. The molecule has 22 heavy (non-hydrogen) atoms. The maximum atomic E-state index is 5.44. The first-order valence-electron chi connectivity index (χ1n) is 6.92. The molecule has 4 nitrogen and oxygen atoms in total. The smallest absolute Gasteiger partial charge is 0.165 e. The van der Waals surface area contributed by atoms with E-state index in [1.54, 1.807) is 21.3 Å². The fourth-order valence-electron chi connectivity index (χ4n) is 2.31. The van der Waals surface area contributed by atoms with E-state index in [0.29, 0.717) is 13.1 Å². The van der Waals surface area contributed by atoms with Crippen molar-refractivity contribution >= 4 is 15.9 Å². The topological polar surface area (TPSA) is 39.7 Å². The quantitative estimate of drug-likeness (QED) is 0.810. The predicted octanol–water partition coefficient (Wildman–Crippen LogP) is 3.76. The normalized spacial score (nSPS) is 10.4. The molecule has 0 heterocycles. The van der Waals surface area contributed by atoms with Crippen LogP contribution in [0, 0.1) is 0 Å². The lowest BCUT2D eigenvalue weighted by Crippen LogP contribution is -2.14. The number of hydrogen-bond acceptors (Lipinski definition) is 4. The molecule has 0 saturated carbocycles. The first kappa shape index (κ1) is 16.6. The molecule has 0 unspecified atom stereocenters. The fourth-order valence-corrected chi connectivity index (χ4v) is 2.72. The summed E-state index contributed by atoms with van der Waals surface area (Å²) < 4.78 is 17.2. The van der Waals surface area contributed by atoms with Gasteiger partial charge in [-0.1, -0.05) is 28.1 Å². The summed E-state index contributed by atoms with van der Waals surface area (Å²) in [4.78, 5) is 0. The molecule has 0 spiro atoms. The van der Waals surface area contributed by atoms with Gasteiger partial charge in [-0.3, -0.25) is 0 Å². The molecular formula is C17H20BrNO3. The minimum atomic E-state index is 0.677. The van der Waals surface area contributed by atoms with Crippen molar-refractivity contribution in [3.8, 4) is 17.2 Å². The van der Waals surface area contributed by atoms with Gasteiger partial charge >= 0.3 is 0 Å². The summed E-state index contributed by atoms with van der Waals surface area (Å²) in [5, 5.41) is 3.41. The van der Waals surface area contributed by atoms with E-state index in [0.717, 1.165) is 32.8 Å². The van der Waals surface area contributed by atoms with E-state index < -0.39 is 0 Å². The maximum absolute atomic E-state index is 5.44. The lowest BCUT2D eigenvalue weighted by Gasteiger charge is -2.14. The van der Waals surface area contributed by atoms with E-state index in [4.69, 9.17) is 14.2 Å². The van der Waals surface area contributed by atoms with Gasteiger partial charge in [0.2, 0.25) is 0 Å². The van der Waals surface area contributed by atoms with Crippen LogP contribution in [0.25, 0.3) is 0 Å². The van der Waals surface area contributed by atoms with Crippen LogP contribution in [0.2, 0.25) is 0 Å². The van der Waals surface area contributed by atoms with Gasteiger partial charge in [0.1, 0.15) is 5.75 Å². The zero-order chi connectivity index (χ0) is 15.9. The van der Waals surface area contributed by atoms with Crippen molar-refractivity contribution in [3.63, 3.8) is 0 Å². The van der Waals surface area contributed by atoms with Crippen molar-refractivity contribution in [1.82, 2.24) is 5.32 Å². The van der Waals surface area contributed by atoms with Crippen molar-refractivity contribution in [2.45, 2.75) is 13.1 Å². The van der Waals surface area contributed by atoms with Gasteiger partial charge in [0.15, 0.2) is 11.5 Å². The van der Waals surface area contributed by atoms with E-state index in [2.05, 4.69) is 27.3 Å². The second kappa shape index (κ2) is 8.06. The SMILES string of the molecule is COc1ccc(Br)cc1CNCc1cccc(OC)c1OC. The second-order valence-corrected chi connectivity index (χ2v) is 5.63. The van der Waals surface area contributed by atoms with Gasteiger partial charge in [-0.25, -0.2) is 0 Å². The number of benzene rings is 2. The summed E-state index contributed by atoms with van der Waals surface area (Å²) >= 11 is 3.48. The van der Waals surface area contributed by atoms with Crippen LogP contribution in [-0.2, 0) is 13.1 Å². The zero-order valence-electron chi connectivity index (χ0n) is 13.0. The Kier molecular flexibility index (Phi) is 6.10. The minimum Gasteiger partial charge on any atom is -0.496 e. The number of ether oxygens (including phenoxy) is 3. The number of rotatable bonds is 7. The summed E-state index contributed by atoms with van der Waals surface area (Å²) in [7, 11) is 4.97. The summed E-state index contributed by atoms with van der Waals surface area (Å²) in [6.45, 7) is 1.37. The number of hydrogen-bond donors (Lipinski definition) is 1. The van der Waals surface area contributed by atoms with Crippen molar-refractivity contribution in [1.29, 1.82) is 0 Å². The molecule has 0 atom stereocenters. The maximum Gasteiger partial charge on any atom is 0.165 e. The van der Waals surface area contributed by atoms with Crippen LogP contribution >= 0.6 is 15.9 Å². The molecule has 2 rings (SSSR count). The largest absolute Gasteiger partial charge is 0.496 e. The van der Waals surface area contributed by atoms with Crippen LogP contribution in [-0.4, -0.2) is 21.3 Å². The molecule has 0 amide bonds. The van der Waals surface area contributed by atoms with Gasteiger partial charge in [-0.15, -0.1) is 0 Å². The second-order valence-electron chi connectivity index (χ2n) is 4.71. The standard InChI is InChI=1S/C17H20BrNO3/c1-20-15-8-7-14(18)9-13(15)11-19-10-12-5-4-6-16(21-2)17(12)22-3/h4-9,19H,10-11H2,1-3H3. The van der Waals surface area contributed by atoms with E-state index in [1.807, 2.05) is 30.3 Å². The first-order chi connectivity index (χ1) is 10.7. The molecule has 0 saturated heterocycles. The number of para-hydroxylation sites is 1. The third-order valence-electron chi connectivity index (χ3n) is 3.36. The number of methoxy groups -OCH3 is 3. The third kappa shape index (κ3) is 3.93. The molecule has 0 aliphatic rings. The van der Waals surface area contributed by atoms with Crippen LogP contribution < -0.4 is 19.5 Å². The number of nitrogens with one attached hydrogen (secondary N) is 1. The zero-order valence-corrected chi connectivity index (χ0v) is 14.6. The Morgan fingerprint density at radius 1 is 0.864 bits per heavy atom. The van der Waals surface area contributed by atoms with E-state index in [1.165, 1.54) is 0 Å². The highest BCUT2D eigenvalue weighted by molar-refractivity contribution is 9.10. The monoisotopic (exact) mass is 365 g/mol. The Hall–Kier alpha value is -1.72. The third-order valence-corrected chi connectivity index (χ3v) is 3.85. The summed E-state index contributed by atoms with van der Waals surface area (Å²) in [5.74, 6) is 2.37.